The number of alkyl halides is 3. The van der Waals surface area contributed by atoms with Crippen molar-refractivity contribution in [1.82, 2.24) is 19.9 Å². The van der Waals surface area contributed by atoms with E-state index in [4.69, 9.17) is 0 Å². The Morgan fingerprint density at radius 1 is 1.27 bits per heavy atom. The van der Waals surface area contributed by atoms with E-state index in [1.165, 1.54) is 23.6 Å². The number of carbonyl (C=O) groups excluding carboxylic acids is 1. The fourth-order valence-corrected chi connectivity index (χ4v) is 4.88. The maximum Gasteiger partial charge on any atom is 0.433 e. The number of hydrogen-bond donors (Lipinski definition) is 1. The number of carbonyl (C=O) groups is 1. The molecule has 0 bridgehead atoms. The topological polar surface area (TPSA) is 71.0 Å². The maximum absolute atomic E-state index is 12.6. The van der Waals surface area contributed by atoms with E-state index in [2.05, 4.69) is 20.3 Å². The lowest BCUT2D eigenvalue weighted by atomic mass is 9.98. The van der Waals surface area contributed by atoms with Gasteiger partial charge in [-0.15, -0.1) is 22.7 Å². The summed E-state index contributed by atoms with van der Waals surface area (Å²) in [7, 11) is 0. The highest BCUT2D eigenvalue weighted by atomic mass is 32.1. The number of pyridine rings is 1. The molecular formula is C19H18F3N5OS2. The zero-order valence-electron chi connectivity index (χ0n) is 16.2. The van der Waals surface area contributed by atoms with Crippen LogP contribution in [0.5, 0.6) is 0 Å². The summed E-state index contributed by atoms with van der Waals surface area (Å²) in [5.74, 6) is -0.276. The minimum atomic E-state index is -4.44. The van der Waals surface area contributed by atoms with Gasteiger partial charge in [0, 0.05) is 31.2 Å². The SMILES string of the molecule is Cc1nc(C)c(-c2csc(NC(=O)C3CN(Cc4ccc(C(F)(F)F)nc4)C3)n2)s1. The van der Waals surface area contributed by atoms with Crippen LogP contribution in [0.2, 0.25) is 0 Å². The van der Waals surface area contributed by atoms with Crippen molar-refractivity contribution in [3.8, 4) is 10.6 Å². The summed E-state index contributed by atoms with van der Waals surface area (Å²) in [6, 6.07) is 2.40. The smallest absolute Gasteiger partial charge is 0.302 e. The molecule has 0 aliphatic carbocycles. The van der Waals surface area contributed by atoms with E-state index in [0.29, 0.717) is 30.3 Å². The summed E-state index contributed by atoms with van der Waals surface area (Å²) in [4.78, 5) is 27.8. The van der Waals surface area contributed by atoms with Gasteiger partial charge in [0.05, 0.1) is 27.2 Å². The predicted octanol–water partition coefficient (Wildman–Crippen LogP) is 4.37. The van der Waals surface area contributed by atoms with Gasteiger partial charge in [-0.1, -0.05) is 6.07 Å². The van der Waals surface area contributed by atoms with Gasteiger partial charge in [0.15, 0.2) is 5.13 Å². The van der Waals surface area contributed by atoms with Crippen LogP contribution in [0, 0.1) is 19.8 Å². The highest BCUT2D eigenvalue weighted by molar-refractivity contribution is 7.16. The second-order valence-corrected chi connectivity index (χ2v) is 9.18. The highest BCUT2D eigenvalue weighted by Gasteiger charge is 2.34. The lowest BCUT2D eigenvalue weighted by Gasteiger charge is -2.38. The van der Waals surface area contributed by atoms with Crippen LogP contribution >= 0.6 is 22.7 Å². The zero-order chi connectivity index (χ0) is 21.5. The number of nitrogens with zero attached hydrogens (tertiary/aromatic N) is 4. The van der Waals surface area contributed by atoms with E-state index in [1.54, 1.807) is 11.3 Å². The van der Waals surface area contributed by atoms with Crippen LogP contribution in [0.1, 0.15) is 22.0 Å². The second-order valence-electron chi connectivity index (χ2n) is 7.12. The van der Waals surface area contributed by atoms with Gasteiger partial charge in [0.2, 0.25) is 5.91 Å². The van der Waals surface area contributed by atoms with Gasteiger partial charge in [-0.3, -0.25) is 14.7 Å². The van der Waals surface area contributed by atoms with E-state index in [-0.39, 0.29) is 11.8 Å². The summed E-state index contributed by atoms with van der Waals surface area (Å²) >= 11 is 2.94. The van der Waals surface area contributed by atoms with Gasteiger partial charge in [-0.25, -0.2) is 9.97 Å². The molecule has 1 fully saturated rings. The maximum atomic E-state index is 12.6. The van der Waals surface area contributed by atoms with Crippen LogP contribution in [0.25, 0.3) is 10.6 Å². The lowest BCUT2D eigenvalue weighted by molar-refractivity contribution is -0.141. The number of thiazole rings is 2. The van der Waals surface area contributed by atoms with Crippen LogP contribution in [0.4, 0.5) is 18.3 Å². The lowest BCUT2D eigenvalue weighted by Crippen LogP contribution is -2.51. The molecule has 0 aromatic carbocycles. The van der Waals surface area contributed by atoms with Crippen molar-refractivity contribution < 1.29 is 18.0 Å². The highest BCUT2D eigenvalue weighted by Crippen LogP contribution is 2.32. The summed E-state index contributed by atoms with van der Waals surface area (Å²) in [6.07, 6.45) is -3.21. The Morgan fingerprint density at radius 3 is 2.63 bits per heavy atom. The third-order valence-electron chi connectivity index (χ3n) is 4.72. The van der Waals surface area contributed by atoms with Gasteiger partial charge in [0.1, 0.15) is 5.69 Å². The van der Waals surface area contributed by atoms with E-state index in [1.807, 2.05) is 24.1 Å². The number of halogens is 3. The molecule has 0 radical (unpaired) electrons. The summed E-state index contributed by atoms with van der Waals surface area (Å²) in [5.41, 5.74) is 1.51. The van der Waals surface area contributed by atoms with E-state index < -0.39 is 11.9 Å². The van der Waals surface area contributed by atoms with Crippen molar-refractivity contribution in [3.05, 3.63) is 45.7 Å². The Morgan fingerprint density at radius 2 is 2.03 bits per heavy atom. The number of nitrogens with one attached hydrogen (secondary N) is 1. The van der Waals surface area contributed by atoms with Crippen molar-refractivity contribution in [2.75, 3.05) is 18.4 Å². The Labute approximate surface area is 178 Å². The Balaban J connectivity index is 1.28. The van der Waals surface area contributed by atoms with E-state index in [0.717, 1.165) is 27.3 Å². The molecule has 4 rings (SSSR count). The van der Waals surface area contributed by atoms with Crippen LogP contribution in [-0.2, 0) is 17.5 Å². The van der Waals surface area contributed by atoms with E-state index >= 15 is 0 Å². The molecule has 0 atom stereocenters. The molecule has 4 heterocycles. The molecule has 1 saturated heterocycles. The first-order chi connectivity index (χ1) is 14.2. The first-order valence-corrected chi connectivity index (χ1v) is 10.8. The van der Waals surface area contributed by atoms with Crippen molar-refractivity contribution in [1.29, 1.82) is 0 Å². The molecule has 3 aromatic rings. The summed E-state index contributed by atoms with van der Waals surface area (Å²) in [5, 5.41) is 6.28. The normalized spacial score (nSPS) is 15.2. The minimum absolute atomic E-state index is 0.102. The fraction of sp³-hybridized carbons (Fsp3) is 0.368. The number of rotatable bonds is 5. The molecule has 11 heteroatoms. The van der Waals surface area contributed by atoms with Gasteiger partial charge in [-0.05, 0) is 25.5 Å². The molecule has 6 nitrogen and oxygen atoms in total. The molecule has 30 heavy (non-hydrogen) atoms. The predicted molar refractivity (Wildman–Crippen MR) is 109 cm³/mol. The molecule has 1 aliphatic heterocycles. The van der Waals surface area contributed by atoms with Gasteiger partial charge >= 0.3 is 6.18 Å². The van der Waals surface area contributed by atoms with Crippen LogP contribution in [-0.4, -0.2) is 38.8 Å². The molecule has 1 aliphatic rings. The number of aromatic nitrogens is 3. The number of hydrogen-bond acceptors (Lipinski definition) is 7. The first-order valence-electron chi connectivity index (χ1n) is 9.14. The molecule has 0 unspecified atom stereocenters. The molecule has 0 spiro atoms. The summed E-state index contributed by atoms with van der Waals surface area (Å²) < 4.78 is 37.7. The quantitative estimate of drug-likeness (QED) is 0.621. The van der Waals surface area contributed by atoms with Crippen molar-refractivity contribution in [3.63, 3.8) is 0 Å². The fourth-order valence-electron chi connectivity index (χ4n) is 3.22. The standard InChI is InChI=1S/C19H18F3N5OS2/c1-10-16(30-11(2)24-10)14-9-29-18(25-14)26-17(28)13-7-27(8-13)6-12-3-4-15(23-5-12)19(20,21)22/h3-5,9,13H,6-8H2,1-2H3,(H,25,26,28). The molecule has 1 N–H and O–H groups in total. The van der Waals surface area contributed by atoms with Gasteiger partial charge in [0.25, 0.3) is 0 Å². The zero-order valence-corrected chi connectivity index (χ0v) is 17.8. The monoisotopic (exact) mass is 453 g/mol. The average Bonchev–Trinajstić information content (AvgIpc) is 3.22. The number of anilines is 1. The van der Waals surface area contributed by atoms with Crippen molar-refractivity contribution in [2.24, 2.45) is 5.92 Å². The molecular weight excluding hydrogens is 435 g/mol. The van der Waals surface area contributed by atoms with E-state index in [9.17, 15) is 18.0 Å². The van der Waals surface area contributed by atoms with Crippen LogP contribution in [0.15, 0.2) is 23.7 Å². The Bertz CT molecular complexity index is 1060. The first kappa shape index (κ1) is 20.9. The largest absolute Gasteiger partial charge is 0.433 e. The van der Waals surface area contributed by atoms with Gasteiger partial charge < -0.3 is 5.32 Å². The van der Waals surface area contributed by atoms with Crippen molar-refractivity contribution >= 4 is 33.7 Å². The number of likely N-dealkylation sites (tertiary alicyclic amines) is 1. The molecule has 0 saturated carbocycles. The third-order valence-corrected chi connectivity index (χ3v) is 6.57. The average molecular weight is 454 g/mol. The number of amides is 1. The summed E-state index contributed by atoms with van der Waals surface area (Å²) in [6.45, 7) is 5.42. The molecule has 158 valence electrons. The van der Waals surface area contributed by atoms with Crippen LogP contribution in [0.3, 0.4) is 0 Å². The number of aryl methyl sites for hydroxylation is 2. The minimum Gasteiger partial charge on any atom is -0.302 e. The Kier molecular flexibility index (Phi) is 5.60. The van der Waals surface area contributed by atoms with Gasteiger partial charge in [-0.2, -0.15) is 13.2 Å². The third kappa shape index (κ3) is 4.52. The molecule has 3 aromatic heterocycles. The Hall–Kier alpha value is -2.37. The second kappa shape index (κ2) is 8.05. The van der Waals surface area contributed by atoms with Crippen LogP contribution < -0.4 is 5.32 Å². The molecule has 1 amide bonds. The van der Waals surface area contributed by atoms with Crippen molar-refractivity contribution in [2.45, 2.75) is 26.6 Å².